The number of hydrogen-bond acceptors (Lipinski definition) is 5. The van der Waals surface area contributed by atoms with E-state index in [1.54, 1.807) is 6.20 Å². The number of carbonyl (C=O) groups is 2. The van der Waals surface area contributed by atoms with E-state index in [1.807, 2.05) is 40.2 Å². The van der Waals surface area contributed by atoms with Crippen LogP contribution in [0.5, 0.6) is 0 Å². The minimum atomic E-state index is -0.649. The van der Waals surface area contributed by atoms with E-state index in [4.69, 9.17) is 4.74 Å². The van der Waals surface area contributed by atoms with Crippen LogP contribution in [0.25, 0.3) is 0 Å². The number of hydrogen-bond donors (Lipinski definition) is 1. The molecule has 170 valence electrons. The molecule has 4 atom stereocenters. The van der Waals surface area contributed by atoms with Crippen molar-refractivity contribution < 1.29 is 14.3 Å². The summed E-state index contributed by atoms with van der Waals surface area (Å²) in [6.45, 7) is 4.83. The Balaban J connectivity index is 1.14. The normalized spacial score (nSPS) is 35.0. The highest BCUT2D eigenvalue weighted by Crippen LogP contribution is 2.52. The Morgan fingerprint density at radius 1 is 1.16 bits per heavy atom. The molecule has 5 aliphatic rings. The second-order valence-electron chi connectivity index (χ2n) is 10.2. The number of amides is 2. The van der Waals surface area contributed by atoms with E-state index in [1.165, 1.54) is 12.8 Å². The highest BCUT2D eigenvalue weighted by molar-refractivity contribution is 5.93. The monoisotopic (exact) mass is 436 g/mol. The molecule has 0 unspecified atom stereocenters. The topological polar surface area (TPSA) is 74.8 Å². The van der Waals surface area contributed by atoms with Crippen LogP contribution in [0.4, 0.5) is 0 Å². The largest absolute Gasteiger partial charge is 0.360 e. The molecule has 2 bridgehead atoms. The zero-order valence-corrected chi connectivity index (χ0v) is 18.5. The minimum Gasteiger partial charge on any atom is -0.360 e. The molecular formula is C25H32N4O3. The van der Waals surface area contributed by atoms with Crippen LogP contribution in [0.1, 0.15) is 31.4 Å². The summed E-state index contributed by atoms with van der Waals surface area (Å²) >= 11 is 0. The van der Waals surface area contributed by atoms with Crippen LogP contribution in [0.2, 0.25) is 0 Å². The van der Waals surface area contributed by atoms with Crippen LogP contribution in [0, 0.1) is 23.7 Å². The Morgan fingerprint density at radius 3 is 2.69 bits per heavy atom. The third kappa shape index (κ3) is 3.28. The predicted molar refractivity (Wildman–Crippen MR) is 118 cm³/mol. The average molecular weight is 437 g/mol. The number of nitrogens with zero attached hydrogens (tertiary/aromatic N) is 3. The fourth-order valence-corrected chi connectivity index (χ4v) is 6.80. The molecule has 2 amide bonds. The number of aromatic nitrogens is 1. The highest BCUT2D eigenvalue weighted by Gasteiger charge is 2.67. The van der Waals surface area contributed by atoms with Gasteiger partial charge in [0.15, 0.2) is 0 Å². The van der Waals surface area contributed by atoms with E-state index in [-0.39, 0.29) is 17.9 Å². The number of likely N-dealkylation sites (tertiary alicyclic amines) is 2. The summed E-state index contributed by atoms with van der Waals surface area (Å²) in [6.07, 6.45) is 10.2. The Hall–Kier alpha value is -2.25. The summed E-state index contributed by atoms with van der Waals surface area (Å²) < 4.78 is 6.31. The molecule has 5 aliphatic heterocycles. The van der Waals surface area contributed by atoms with Gasteiger partial charge in [0.25, 0.3) is 0 Å². The fourth-order valence-electron chi connectivity index (χ4n) is 6.80. The van der Waals surface area contributed by atoms with Crippen LogP contribution in [0.3, 0.4) is 0 Å². The third-order valence-electron chi connectivity index (χ3n) is 8.44. The first-order valence-corrected chi connectivity index (χ1v) is 12.2. The maximum atomic E-state index is 13.6. The molecule has 4 saturated heterocycles. The van der Waals surface area contributed by atoms with Crippen LogP contribution in [0.15, 0.2) is 36.5 Å². The molecule has 7 nitrogen and oxygen atoms in total. The third-order valence-corrected chi connectivity index (χ3v) is 8.44. The molecule has 0 aliphatic carbocycles. The van der Waals surface area contributed by atoms with Crippen LogP contribution in [-0.4, -0.2) is 71.0 Å². The summed E-state index contributed by atoms with van der Waals surface area (Å²) in [5.74, 6) is 0.869. The predicted octanol–water partition coefficient (Wildman–Crippen LogP) is 1.60. The Bertz CT molecular complexity index is 907. The van der Waals surface area contributed by atoms with Crippen LogP contribution < -0.4 is 5.32 Å². The SMILES string of the molecule is O=C([C@H]1[C@H]2C=C[C@]3(CN(Cc4ccccn4)C(=O)[C@@H]13)O2)N1CCC(C2CCNCC2)CC1. The molecule has 0 saturated carbocycles. The van der Waals surface area contributed by atoms with Crippen molar-refractivity contribution in [1.29, 1.82) is 0 Å². The Morgan fingerprint density at radius 2 is 1.94 bits per heavy atom. The standard InChI is InChI=1S/C25H32N4O3/c30-23(28-13-7-18(8-14-28)17-5-11-26-12-6-17)21-20-4-9-25(32-20)16-29(24(31)22(21)25)15-19-3-1-2-10-27-19/h1-4,9-10,17-18,20-22,26H,5-8,11-16H2/t20-,21+,22-,25-/m1/s1. The zero-order chi connectivity index (χ0) is 21.7. The lowest BCUT2D eigenvalue weighted by Gasteiger charge is -2.39. The van der Waals surface area contributed by atoms with Crippen molar-refractivity contribution in [2.75, 3.05) is 32.7 Å². The summed E-state index contributed by atoms with van der Waals surface area (Å²) in [5, 5.41) is 3.45. The van der Waals surface area contributed by atoms with Crippen molar-refractivity contribution in [3.63, 3.8) is 0 Å². The molecule has 6 rings (SSSR count). The number of nitrogens with one attached hydrogen (secondary N) is 1. The maximum absolute atomic E-state index is 13.6. The van der Waals surface area contributed by atoms with Gasteiger partial charge < -0.3 is 19.9 Å². The van der Waals surface area contributed by atoms with E-state index < -0.39 is 17.4 Å². The quantitative estimate of drug-likeness (QED) is 0.726. The molecule has 1 N–H and O–H groups in total. The molecule has 0 radical (unpaired) electrons. The van der Waals surface area contributed by atoms with Crippen LogP contribution >= 0.6 is 0 Å². The first-order chi connectivity index (χ1) is 15.6. The van der Waals surface area contributed by atoms with E-state index in [0.29, 0.717) is 13.1 Å². The van der Waals surface area contributed by atoms with Gasteiger partial charge in [-0.1, -0.05) is 18.2 Å². The smallest absolute Gasteiger partial charge is 0.230 e. The van der Waals surface area contributed by atoms with Crippen molar-refractivity contribution in [2.45, 2.75) is 43.9 Å². The lowest BCUT2D eigenvalue weighted by atomic mass is 9.75. The summed E-state index contributed by atoms with van der Waals surface area (Å²) in [5.41, 5.74) is 0.211. The van der Waals surface area contributed by atoms with E-state index in [9.17, 15) is 9.59 Å². The van der Waals surface area contributed by atoms with Gasteiger partial charge in [-0.2, -0.15) is 0 Å². The van der Waals surface area contributed by atoms with Crippen molar-refractivity contribution in [3.8, 4) is 0 Å². The summed E-state index contributed by atoms with van der Waals surface area (Å²) in [6, 6.07) is 5.74. The molecule has 7 heteroatoms. The van der Waals surface area contributed by atoms with Gasteiger partial charge in [0.1, 0.15) is 5.60 Å². The number of fused-ring (bicyclic) bond motifs is 1. The van der Waals surface area contributed by atoms with Gasteiger partial charge in [-0.25, -0.2) is 0 Å². The molecule has 1 aromatic rings. The average Bonchev–Trinajstić information content (AvgIpc) is 3.48. The second-order valence-corrected chi connectivity index (χ2v) is 10.2. The van der Waals surface area contributed by atoms with Gasteiger partial charge in [-0.15, -0.1) is 0 Å². The molecule has 0 aromatic carbocycles. The number of rotatable bonds is 4. The van der Waals surface area contributed by atoms with Crippen LogP contribution in [-0.2, 0) is 20.9 Å². The Labute approximate surface area is 189 Å². The summed E-state index contributed by atoms with van der Waals surface area (Å²) in [7, 11) is 0. The maximum Gasteiger partial charge on any atom is 0.230 e. The van der Waals surface area contributed by atoms with Crippen molar-refractivity contribution in [2.24, 2.45) is 23.7 Å². The van der Waals surface area contributed by atoms with Crippen molar-refractivity contribution in [3.05, 3.63) is 42.2 Å². The zero-order valence-electron chi connectivity index (χ0n) is 18.5. The molecule has 4 fully saturated rings. The fraction of sp³-hybridized carbons (Fsp3) is 0.640. The van der Waals surface area contributed by atoms with E-state index in [2.05, 4.69) is 10.3 Å². The lowest BCUT2D eigenvalue weighted by Crippen LogP contribution is -2.49. The molecular weight excluding hydrogens is 404 g/mol. The lowest BCUT2D eigenvalue weighted by molar-refractivity contribution is -0.144. The molecule has 1 spiro atoms. The van der Waals surface area contributed by atoms with Crippen molar-refractivity contribution in [1.82, 2.24) is 20.1 Å². The van der Waals surface area contributed by atoms with E-state index >= 15 is 0 Å². The van der Waals surface area contributed by atoms with Gasteiger partial charge in [0.2, 0.25) is 11.8 Å². The first kappa shape index (κ1) is 20.4. The van der Waals surface area contributed by atoms with Gasteiger partial charge in [0, 0.05) is 19.3 Å². The number of piperidine rings is 2. The highest BCUT2D eigenvalue weighted by atomic mass is 16.5. The Kier molecular flexibility index (Phi) is 5.06. The molecule has 6 heterocycles. The first-order valence-electron chi connectivity index (χ1n) is 12.2. The van der Waals surface area contributed by atoms with Crippen molar-refractivity contribution >= 4 is 11.8 Å². The van der Waals surface area contributed by atoms with Gasteiger partial charge in [-0.05, 0) is 62.7 Å². The minimum absolute atomic E-state index is 0.0328. The number of carbonyl (C=O) groups excluding carboxylic acids is 2. The number of ether oxygens (including phenoxy) is 1. The van der Waals surface area contributed by atoms with Gasteiger partial charge >= 0.3 is 0 Å². The second kappa shape index (κ2) is 7.96. The van der Waals surface area contributed by atoms with E-state index in [0.717, 1.165) is 56.6 Å². The van der Waals surface area contributed by atoms with Gasteiger partial charge in [0.05, 0.1) is 36.7 Å². The molecule has 1 aromatic heterocycles. The molecule has 32 heavy (non-hydrogen) atoms. The van der Waals surface area contributed by atoms with Gasteiger partial charge in [-0.3, -0.25) is 14.6 Å². The number of pyridine rings is 1. The summed E-state index contributed by atoms with van der Waals surface area (Å²) in [4.78, 5) is 35.3.